The first kappa shape index (κ1) is 66.7. The number of esters is 2. The molecule has 0 bridgehead atoms. The number of ether oxygens (including phenoxy) is 2. The Morgan fingerprint density at radius 2 is 0.826 bits per heavy atom. The summed E-state index contributed by atoms with van der Waals surface area (Å²) in [5.74, 6) is -0.833. The van der Waals surface area contributed by atoms with Gasteiger partial charge in [-0.05, 0) is 77.0 Å². The van der Waals surface area contributed by atoms with Crippen molar-refractivity contribution in [2.45, 2.75) is 258 Å². The number of unbranched alkanes of at least 4 members (excludes halogenated alkanes) is 28. The summed E-state index contributed by atoms with van der Waals surface area (Å²) >= 11 is 0. The van der Waals surface area contributed by atoms with E-state index < -0.39 is 26.5 Å². The Labute approximate surface area is 426 Å². The van der Waals surface area contributed by atoms with Crippen LogP contribution in [-0.4, -0.2) is 70.0 Å². The molecular weight excluding hydrogens is 882 g/mol. The van der Waals surface area contributed by atoms with E-state index in [2.05, 4.69) is 74.6 Å². The highest BCUT2D eigenvalue weighted by atomic mass is 31.2. The molecule has 0 N–H and O–H groups in total. The normalized spacial score (nSPS) is 13.8. The van der Waals surface area contributed by atoms with E-state index in [0.717, 1.165) is 77.0 Å². The molecular formula is C59H108NO8P. The Hall–Kier alpha value is -2.29. The van der Waals surface area contributed by atoms with Crippen LogP contribution in [0.1, 0.15) is 251 Å². The maximum Gasteiger partial charge on any atom is 0.306 e. The standard InChI is InChI=1S/C59H108NO8P/c1-6-8-10-12-14-16-18-20-22-24-26-27-28-29-30-31-32-33-34-36-38-40-42-44-46-48-50-52-59(62)68-57(56-67-69(63,64)66-54-53-60(3,4)5)55-65-58(61)51-49-47-45-43-41-39-37-35-25-23-21-19-17-15-13-11-9-7-2/h8,10,14,16,20,22-23,25-27,57H,6-7,9,11-13,15,17-19,21,24,28-56H2,1-5H3/b10-8-,16-14-,22-20-,25-23-,27-26-. The molecule has 10 heteroatoms. The lowest BCUT2D eigenvalue weighted by Gasteiger charge is -2.28. The van der Waals surface area contributed by atoms with Gasteiger partial charge in [0.05, 0.1) is 27.7 Å². The average Bonchev–Trinajstić information content (AvgIpc) is 3.31. The zero-order valence-electron chi connectivity index (χ0n) is 45.5. The van der Waals surface area contributed by atoms with E-state index in [4.69, 9.17) is 18.5 Å². The molecule has 0 aromatic carbocycles. The SMILES string of the molecule is CC/C=C\C/C=C\C/C=C\C/C=C\CCCCCCCCCCCCCCCCC(=O)OC(COC(=O)CCCCCCCCC/C=C\CCCCCCCCC)COP(=O)([O-])OCC[N+](C)(C)C. The van der Waals surface area contributed by atoms with Crippen LogP contribution in [0.25, 0.3) is 0 Å². The lowest BCUT2D eigenvalue weighted by molar-refractivity contribution is -0.870. The monoisotopic (exact) mass is 990 g/mol. The first-order chi connectivity index (χ1) is 33.5. The van der Waals surface area contributed by atoms with Gasteiger partial charge in [0.15, 0.2) is 6.10 Å². The van der Waals surface area contributed by atoms with Crippen molar-refractivity contribution in [3.8, 4) is 0 Å². The van der Waals surface area contributed by atoms with Crippen molar-refractivity contribution in [2.24, 2.45) is 0 Å². The van der Waals surface area contributed by atoms with Gasteiger partial charge in [0, 0.05) is 12.8 Å². The molecule has 0 radical (unpaired) electrons. The zero-order valence-corrected chi connectivity index (χ0v) is 46.4. The maximum atomic E-state index is 12.8. The molecule has 0 saturated heterocycles. The van der Waals surface area contributed by atoms with Crippen molar-refractivity contribution in [3.63, 3.8) is 0 Å². The van der Waals surface area contributed by atoms with Gasteiger partial charge in [0.25, 0.3) is 7.82 Å². The van der Waals surface area contributed by atoms with Gasteiger partial charge in [-0.25, -0.2) is 0 Å². The molecule has 0 spiro atoms. The second-order valence-corrected chi connectivity index (χ2v) is 21.7. The molecule has 0 aliphatic rings. The van der Waals surface area contributed by atoms with Gasteiger partial charge >= 0.3 is 11.9 Å². The smallest absolute Gasteiger partial charge is 0.306 e. The topological polar surface area (TPSA) is 111 Å². The summed E-state index contributed by atoms with van der Waals surface area (Å²) in [7, 11) is 1.17. The van der Waals surface area contributed by atoms with Crippen LogP contribution in [0.2, 0.25) is 0 Å². The van der Waals surface area contributed by atoms with Crippen LogP contribution in [0.3, 0.4) is 0 Å². The summed E-state index contributed by atoms with van der Waals surface area (Å²) in [6.07, 6.45) is 64.0. The molecule has 0 heterocycles. The third-order valence-electron chi connectivity index (χ3n) is 12.3. The Morgan fingerprint density at radius 1 is 0.464 bits per heavy atom. The fourth-order valence-corrected chi connectivity index (χ4v) is 8.61. The highest BCUT2D eigenvalue weighted by molar-refractivity contribution is 7.45. The first-order valence-corrected chi connectivity index (χ1v) is 30.0. The van der Waals surface area contributed by atoms with Crippen molar-refractivity contribution in [1.82, 2.24) is 0 Å². The number of carbonyl (C=O) groups is 2. The number of phosphoric acid groups is 1. The summed E-state index contributed by atoms with van der Waals surface area (Å²) in [4.78, 5) is 37.8. The van der Waals surface area contributed by atoms with E-state index in [1.807, 2.05) is 21.1 Å². The van der Waals surface area contributed by atoms with Crippen molar-refractivity contribution in [1.29, 1.82) is 0 Å². The van der Waals surface area contributed by atoms with Gasteiger partial charge in [0.2, 0.25) is 0 Å². The number of carbonyl (C=O) groups excluding carboxylic acids is 2. The molecule has 2 unspecified atom stereocenters. The van der Waals surface area contributed by atoms with Crippen LogP contribution < -0.4 is 4.89 Å². The van der Waals surface area contributed by atoms with Crippen molar-refractivity contribution < 1.29 is 42.1 Å². The van der Waals surface area contributed by atoms with E-state index >= 15 is 0 Å². The molecule has 0 aliphatic heterocycles. The minimum atomic E-state index is -4.64. The Bertz CT molecular complexity index is 1350. The number of hydrogen-bond acceptors (Lipinski definition) is 8. The van der Waals surface area contributed by atoms with Crippen molar-refractivity contribution in [3.05, 3.63) is 60.8 Å². The zero-order chi connectivity index (χ0) is 50.6. The van der Waals surface area contributed by atoms with Gasteiger partial charge < -0.3 is 27.9 Å². The molecule has 9 nitrogen and oxygen atoms in total. The molecule has 69 heavy (non-hydrogen) atoms. The van der Waals surface area contributed by atoms with E-state index in [0.29, 0.717) is 17.4 Å². The Morgan fingerprint density at radius 3 is 1.25 bits per heavy atom. The number of nitrogens with zero attached hydrogens (tertiary/aromatic N) is 1. The van der Waals surface area contributed by atoms with Gasteiger partial charge in [-0.1, -0.05) is 222 Å². The van der Waals surface area contributed by atoms with Gasteiger partial charge in [-0.3, -0.25) is 14.2 Å². The van der Waals surface area contributed by atoms with E-state index in [9.17, 15) is 19.0 Å². The average molecular weight is 990 g/mol. The van der Waals surface area contributed by atoms with Crippen molar-refractivity contribution >= 4 is 19.8 Å². The summed E-state index contributed by atoms with van der Waals surface area (Å²) < 4.78 is 34.1. The predicted molar refractivity (Wildman–Crippen MR) is 291 cm³/mol. The number of likely N-dealkylation sites (N-methyl/N-ethyl adjacent to an activating group) is 1. The summed E-state index contributed by atoms with van der Waals surface area (Å²) in [6, 6.07) is 0. The number of rotatable bonds is 52. The highest BCUT2D eigenvalue weighted by Crippen LogP contribution is 2.38. The third kappa shape index (κ3) is 54.9. The fraction of sp³-hybridized carbons (Fsp3) is 0.797. The molecule has 0 amide bonds. The van der Waals surface area contributed by atoms with Crippen LogP contribution in [0.4, 0.5) is 0 Å². The Kier molecular flexibility index (Phi) is 49.0. The van der Waals surface area contributed by atoms with E-state index in [-0.39, 0.29) is 32.0 Å². The lowest BCUT2D eigenvalue weighted by atomic mass is 10.0. The molecule has 0 aromatic heterocycles. The van der Waals surface area contributed by atoms with Crippen LogP contribution in [0.5, 0.6) is 0 Å². The quantitative estimate of drug-likeness (QED) is 0.0195. The second-order valence-electron chi connectivity index (χ2n) is 20.3. The first-order valence-electron chi connectivity index (χ1n) is 28.5. The second kappa shape index (κ2) is 50.6. The van der Waals surface area contributed by atoms with Crippen LogP contribution in [-0.2, 0) is 32.7 Å². The fourth-order valence-electron chi connectivity index (χ4n) is 7.88. The van der Waals surface area contributed by atoms with E-state index in [1.165, 1.54) is 141 Å². The summed E-state index contributed by atoms with van der Waals surface area (Å²) in [5.41, 5.74) is 0. The molecule has 0 fully saturated rings. The molecule has 2 atom stereocenters. The molecule has 0 saturated carbocycles. The van der Waals surface area contributed by atoms with Crippen LogP contribution in [0.15, 0.2) is 60.8 Å². The number of quaternary nitrogens is 1. The highest BCUT2D eigenvalue weighted by Gasteiger charge is 2.21. The molecule has 0 aromatic rings. The lowest BCUT2D eigenvalue weighted by Crippen LogP contribution is -2.37. The maximum absolute atomic E-state index is 12.8. The number of phosphoric ester groups is 1. The predicted octanol–water partition coefficient (Wildman–Crippen LogP) is 16.9. The van der Waals surface area contributed by atoms with Crippen LogP contribution in [0, 0.1) is 0 Å². The van der Waals surface area contributed by atoms with E-state index in [1.54, 1.807) is 0 Å². The summed E-state index contributed by atoms with van der Waals surface area (Å²) in [5, 5.41) is 0. The van der Waals surface area contributed by atoms with Crippen LogP contribution >= 0.6 is 7.82 Å². The Balaban J connectivity index is 4.15. The number of hydrogen-bond donors (Lipinski definition) is 0. The largest absolute Gasteiger partial charge is 0.756 e. The molecule has 402 valence electrons. The molecule has 0 aliphatic carbocycles. The summed E-state index contributed by atoms with van der Waals surface area (Å²) in [6.45, 7) is 4.14. The minimum Gasteiger partial charge on any atom is -0.756 e. The van der Waals surface area contributed by atoms with Gasteiger partial charge in [0.1, 0.15) is 19.8 Å². The minimum absolute atomic E-state index is 0.0323. The van der Waals surface area contributed by atoms with Gasteiger partial charge in [-0.15, -0.1) is 0 Å². The molecule has 0 rings (SSSR count). The third-order valence-corrected chi connectivity index (χ3v) is 13.2. The van der Waals surface area contributed by atoms with Crippen molar-refractivity contribution in [2.75, 3.05) is 47.5 Å². The van der Waals surface area contributed by atoms with Gasteiger partial charge in [-0.2, -0.15) is 0 Å². The number of allylic oxidation sites excluding steroid dienone is 10.